The van der Waals surface area contributed by atoms with Crippen LogP contribution in [0.4, 0.5) is 5.69 Å². The average Bonchev–Trinajstić information content (AvgIpc) is 2.63. The lowest BCUT2D eigenvalue weighted by atomic mass is 10.1. The Morgan fingerprint density at radius 2 is 1.69 bits per heavy atom. The van der Waals surface area contributed by atoms with Gasteiger partial charge in [-0.3, -0.25) is 4.79 Å². The van der Waals surface area contributed by atoms with Gasteiger partial charge in [0, 0.05) is 24.3 Å². The van der Waals surface area contributed by atoms with Crippen LogP contribution in [-0.4, -0.2) is 31.7 Å². The number of carbonyl (C=O) groups excluding carboxylic acids is 1. The summed E-state index contributed by atoms with van der Waals surface area (Å²) in [6.45, 7) is 8.19. The van der Waals surface area contributed by atoms with Crippen molar-refractivity contribution in [2.45, 2.75) is 39.0 Å². The van der Waals surface area contributed by atoms with E-state index in [0.29, 0.717) is 18.7 Å². The van der Waals surface area contributed by atoms with Gasteiger partial charge in [-0.1, -0.05) is 45.0 Å². The van der Waals surface area contributed by atoms with E-state index >= 15 is 0 Å². The van der Waals surface area contributed by atoms with Crippen molar-refractivity contribution >= 4 is 21.6 Å². The topological polar surface area (TPSA) is 66.5 Å². The van der Waals surface area contributed by atoms with Gasteiger partial charge in [0.05, 0.1) is 4.90 Å². The molecule has 0 radical (unpaired) electrons. The first-order chi connectivity index (χ1) is 12.3. The number of para-hydroxylation sites is 1. The highest BCUT2D eigenvalue weighted by atomic mass is 32.2. The molecule has 0 spiro atoms. The number of carbonyl (C=O) groups is 1. The second-order valence-electron chi connectivity index (χ2n) is 6.03. The smallest absolute Gasteiger partial charge is 0.255 e. The molecule has 0 aliphatic rings. The Morgan fingerprint density at radius 1 is 1.04 bits per heavy atom. The average molecular weight is 375 g/mol. The molecule has 140 valence electrons. The highest BCUT2D eigenvalue weighted by Crippen LogP contribution is 2.22. The fourth-order valence-electron chi connectivity index (χ4n) is 2.86. The normalized spacial score (nSPS) is 11.6. The maximum Gasteiger partial charge on any atom is 0.255 e. The van der Waals surface area contributed by atoms with Gasteiger partial charge in [0.15, 0.2) is 0 Å². The standard InChI is InChI=1S/C20H26N2O3S/c1-5-16-10-8-9-11-19(16)21-20(23)18-14-17(13-12-15(18)4)26(24,25)22(6-2)7-3/h8-14H,5-7H2,1-4H3,(H,21,23). The van der Waals surface area contributed by atoms with Crippen LogP contribution in [0.5, 0.6) is 0 Å². The summed E-state index contributed by atoms with van der Waals surface area (Å²) >= 11 is 0. The van der Waals surface area contributed by atoms with Crippen molar-refractivity contribution in [2.75, 3.05) is 18.4 Å². The van der Waals surface area contributed by atoms with Gasteiger partial charge in [0.25, 0.3) is 5.91 Å². The van der Waals surface area contributed by atoms with Gasteiger partial charge in [0.1, 0.15) is 0 Å². The molecule has 0 bridgehead atoms. The predicted octanol–water partition coefficient (Wildman–Crippen LogP) is 3.84. The second kappa shape index (κ2) is 8.47. The molecule has 0 heterocycles. The second-order valence-corrected chi connectivity index (χ2v) is 7.97. The highest BCUT2D eigenvalue weighted by molar-refractivity contribution is 7.89. The van der Waals surface area contributed by atoms with Crippen molar-refractivity contribution in [3.05, 3.63) is 59.2 Å². The summed E-state index contributed by atoms with van der Waals surface area (Å²) < 4.78 is 26.8. The molecule has 0 unspecified atom stereocenters. The first kappa shape index (κ1) is 20.1. The fourth-order valence-corrected chi connectivity index (χ4v) is 4.34. The molecule has 0 aliphatic carbocycles. The number of amides is 1. The van der Waals surface area contributed by atoms with Crippen LogP contribution in [0.3, 0.4) is 0 Å². The zero-order valence-corrected chi connectivity index (χ0v) is 16.6. The number of rotatable bonds is 7. The molecule has 2 aromatic rings. The van der Waals surface area contributed by atoms with Crippen LogP contribution in [0.15, 0.2) is 47.4 Å². The number of anilines is 1. The zero-order chi connectivity index (χ0) is 19.3. The molecule has 0 saturated carbocycles. The van der Waals surface area contributed by atoms with Crippen LogP contribution in [0.2, 0.25) is 0 Å². The summed E-state index contributed by atoms with van der Waals surface area (Å²) in [7, 11) is -3.61. The van der Waals surface area contributed by atoms with Crippen LogP contribution in [0, 0.1) is 6.92 Å². The Kier molecular flexibility index (Phi) is 6.56. The van der Waals surface area contributed by atoms with E-state index in [1.807, 2.05) is 31.2 Å². The van der Waals surface area contributed by atoms with Crippen molar-refractivity contribution in [2.24, 2.45) is 0 Å². The van der Waals surface area contributed by atoms with E-state index in [0.717, 1.165) is 23.2 Å². The summed E-state index contributed by atoms with van der Waals surface area (Å²) in [5, 5.41) is 2.91. The molecule has 0 aromatic heterocycles. The molecule has 0 saturated heterocycles. The lowest BCUT2D eigenvalue weighted by Gasteiger charge is -2.19. The molecule has 1 N–H and O–H groups in total. The fraction of sp³-hybridized carbons (Fsp3) is 0.350. The van der Waals surface area contributed by atoms with Crippen molar-refractivity contribution in [1.29, 1.82) is 0 Å². The predicted molar refractivity (Wildman–Crippen MR) is 105 cm³/mol. The van der Waals surface area contributed by atoms with E-state index < -0.39 is 10.0 Å². The van der Waals surface area contributed by atoms with Crippen molar-refractivity contribution in [1.82, 2.24) is 4.31 Å². The van der Waals surface area contributed by atoms with E-state index in [4.69, 9.17) is 0 Å². The number of hydrogen-bond acceptors (Lipinski definition) is 3. The monoisotopic (exact) mass is 374 g/mol. The van der Waals surface area contributed by atoms with Gasteiger partial charge in [-0.15, -0.1) is 0 Å². The van der Waals surface area contributed by atoms with Gasteiger partial charge < -0.3 is 5.32 Å². The van der Waals surface area contributed by atoms with Crippen LogP contribution in [-0.2, 0) is 16.4 Å². The van der Waals surface area contributed by atoms with Gasteiger partial charge in [-0.25, -0.2) is 8.42 Å². The van der Waals surface area contributed by atoms with E-state index in [1.165, 1.54) is 10.4 Å². The number of aryl methyl sites for hydroxylation is 2. The molecule has 0 fully saturated rings. The highest BCUT2D eigenvalue weighted by Gasteiger charge is 2.23. The third-order valence-corrected chi connectivity index (χ3v) is 6.49. The Balaban J connectivity index is 2.39. The Bertz CT molecular complexity index is 888. The maximum atomic E-state index is 12.8. The molecule has 6 heteroatoms. The van der Waals surface area contributed by atoms with Gasteiger partial charge in [-0.2, -0.15) is 4.31 Å². The molecule has 26 heavy (non-hydrogen) atoms. The molecule has 2 rings (SSSR count). The summed E-state index contributed by atoms with van der Waals surface area (Å²) in [6.07, 6.45) is 0.797. The van der Waals surface area contributed by atoms with Crippen molar-refractivity contribution in [3.8, 4) is 0 Å². The first-order valence-electron chi connectivity index (χ1n) is 8.85. The van der Waals surface area contributed by atoms with Gasteiger partial charge in [-0.05, 0) is 42.7 Å². The van der Waals surface area contributed by atoms with E-state index in [-0.39, 0.29) is 10.8 Å². The van der Waals surface area contributed by atoms with Crippen LogP contribution in [0.1, 0.15) is 42.3 Å². The third-order valence-electron chi connectivity index (χ3n) is 4.44. The minimum Gasteiger partial charge on any atom is -0.322 e. The molecular formula is C20H26N2O3S. The SMILES string of the molecule is CCc1ccccc1NC(=O)c1cc(S(=O)(=O)N(CC)CC)ccc1C. The van der Waals surface area contributed by atoms with Gasteiger partial charge in [0.2, 0.25) is 10.0 Å². The first-order valence-corrected chi connectivity index (χ1v) is 10.3. The summed E-state index contributed by atoms with van der Waals surface area (Å²) in [4.78, 5) is 12.9. The number of nitrogens with one attached hydrogen (secondary N) is 1. The maximum absolute atomic E-state index is 12.8. The minimum atomic E-state index is -3.61. The molecule has 2 aromatic carbocycles. The molecular weight excluding hydrogens is 348 g/mol. The van der Waals surface area contributed by atoms with Crippen LogP contribution in [0.25, 0.3) is 0 Å². The van der Waals surface area contributed by atoms with Crippen LogP contribution < -0.4 is 5.32 Å². The summed E-state index contributed by atoms with van der Waals surface area (Å²) in [5.41, 5.74) is 2.88. The largest absolute Gasteiger partial charge is 0.322 e. The number of nitrogens with zero attached hydrogens (tertiary/aromatic N) is 1. The summed E-state index contributed by atoms with van der Waals surface area (Å²) in [5.74, 6) is -0.306. The lowest BCUT2D eigenvalue weighted by molar-refractivity contribution is 0.102. The Hall–Kier alpha value is -2.18. The Morgan fingerprint density at radius 3 is 2.31 bits per heavy atom. The summed E-state index contributed by atoms with van der Waals surface area (Å²) in [6, 6.07) is 12.3. The molecule has 0 aliphatic heterocycles. The third kappa shape index (κ3) is 4.14. The van der Waals surface area contributed by atoms with E-state index in [1.54, 1.807) is 32.9 Å². The minimum absolute atomic E-state index is 0.140. The van der Waals surface area contributed by atoms with Crippen molar-refractivity contribution in [3.63, 3.8) is 0 Å². The molecule has 0 atom stereocenters. The van der Waals surface area contributed by atoms with Gasteiger partial charge >= 0.3 is 0 Å². The molecule has 1 amide bonds. The number of hydrogen-bond donors (Lipinski definition) is 1. The number of benzene rings is 2. The van der Waals surface area contributed by atoms with Crippen molar-refractivity contribution < 1.29 is 13.2 Å². The number of sulfonamides is 1. The lowest BCUT2D eigenvalue weighted by Crippen LogP contribution is -2.30. The van der Waals surface area contributed by atoms with E-state index in [2.05, 4.69) is 5.32 Å². The van der Waals surface area contributed by atoms with E-state index in [9.17, 15) is 13.2 Å². The zero-order valence-electron chi connectivity index (χ0n) is 15.7. The Labute approximate surface area is 156 Å². The van der Waals surface area contributed by atoms with Crippen LogP contribution >= 0.6 is 0 Å². The quantitative estimate of drug-likeness (QED) is 0.801. The molecule has 5 nitrogen and oxygen atoms in total.